The number of halogens is 6. The third-order valence-corrected chi connectivity index (χ3v) is 4.99. The summed E-state index contributed by atoms with van der Waals surface area (Å²) in [6.45, 7) is 0. The largest absolute Gasteiger partial charge is 0.434 e. The minimum absolute atomic E-state index is 0.0751. The topological polar surface area (TPSA) is 69.9 Å². The average Bonchev–Trinajstić information content (AvgIpc) is 3.32. The number of rotatable bonds is 4. The predicted molar refractivity (Wildman–Crippen MR) is 110 cm³/mol. The van der Waals surface area contributed by atoms with E-state index in [0.29, 0.717) is 4.68 Å². The first-order chi connectivity index (χ1) is 15.1. The van der Waals surface area contributed by atoms with Gasteiger partial charge < -0.3 is 10.3 Å². The number of nitrogens with two attached hydrogens (primary N) is 1. The Bertz CT molecular complexity index is 1330. The molecule has 5 nitrogen and oxygen atoms in total. The van der Waals surface area contributed by atoms with Crippen LogP contribution in [0, 0.1) is 11.6 Å². The van der Waals surface area contributed by atoms with Crippen molar-refractivity contribution in [3.05, 3.63) is 76.6 Å². The van der Waals surface area contributed by atoms with Crippen LogP contribution in [-0.4, -0.2) is 19.9 Å². The standard InChI is InChI=1S/C20H10ClF5N4OS/c21-12-5-2-6-13(23)14(12)16-15(19(27)32)17(31-29-16)11-8-28-30(18(11)20(24,25)26)10-4-1-3-9(22)7-10/h1-8H,(H2,27,32). The smallest absolute Gasteiger partial charge is 0.389 e. The third-order valence-electron chi connectivity index (χ3n) is 4.47. The zero-order chi connectivity index (χ0) is 23.2. The van der Waals surface area contributed by atoms with Gasteiger partial charge in [0, 0.05) is 0 Å². The molecule has 0 aliphatic rings. The van der Waals surface area contributed by atoms with Gasteiger partial charge in [-0.3, -0.25) is 0 Å². The first kappa shape index (κ1) is 21.9. The van der Waals surface area contributed by atoms with Crippen LogP contribution in [0.5, 0.6) is 0 Å². The van der Waals surface area contributed by atoms with Crippen LogP contribution < -0.4 is 5.73 Å². The minimum atomic E-state index is -4.95. The zero-order valence-electron chi connectivity index (χ0n) is 15.6. The van der Waals surface area contributed by atoms with E-state index in [1.807, 2.05) is 0 Å². The number of hydrogen-bond acceptors (Lipinski definition) is 4. The van der Waals surface area contributed by atoms with E-state index in [4.69, 9.17) is 34.1 Å². The van der Waals surface area contributed by atoms with Gasteiger partial charge in [-0.2, -0.15) is 18.3 Å². The highest BCUT2D eigenvalue weighted by Gasteiger charge is 2.41. The molecule has 0 saturated carbocycles. The molecule has 0 amide bonds. The lowest BCUT2D eigenvalue weighted by Gasteiger charge is -2.12. The zero-order valence-corrected chi connectivity index (χ0v) is 17.2. The van der Waals surface area contributed by atoms with Crippen LogP contribution in [0.2, 0.25) is 5.02 Å². The summed E-state index contributed by atoms with van der Waals surface area (Å²) in [7, 11) is 0. The fourth-order valence-corrected chi connectivity index (χ4v) is 3.63. The predicted octanol–water partition coefficient (Wildman–Crippen LogP) is 5.78. The Morgan fingerprint density at radius 2 is 1.84 bits per heavy atom. The number of hydrogen-bond donors (Lipinski definition) is 1. The van der Waals surface area contributed by atoms with Crippen molar-refractivity contribution in [2.24, 2.45) is 5.73 Å². The normalized spacial score (nSPS) is 11.7. The van der Waals surface area contributed by atoms with Crippen LogP contribution in [0.25, 0.3) is 28.3 Å². The molecule has 2 heterocycles. The molecule has 0 fully saturated rings. The lowest BCUT2D eigenvalue weighted by atomic mass is 10.0. The van der Waals surface area contributed by atoms with Crippen LogP contribution in [0.15, 0.2) is 53.2 Å². The molecule has 0 aliphatic heterocycles. The summed E-state index contributed by atoms with van der Waals surface area (Å²) >= 11 is 11.0. The van der Waals surface area contributed by atoms with Crippen LogP contribution in [0.1, 0.15) is 11.3 Å². The molecule has 2 aromatic heterocycles. The third kappa shape index (κ3) is 3.73. The molecule has 0 bridgehead atoms. The van der Waals surface area contributed by atoms with Crippen LogP contribution >= 0.6 is 23.8 Å². The van der Waals surface area contributed by atoms with E-state index in [9.17, 15) is 22.0 Å². The number of nitrogens with zero attached hydrogens (tertiary/aromatic N) is 3. The molecule has 2 N–H and O–H groups in total. The van der Waals surface area contributed by atoms with Gasteiger partial charge in [0.05, 0.1) is 33.6 Å². The molecule has 12 heteroatoms. The van der Waals surface area contributed by atoms with Gasteiger partial charge in [-0.25, -0.2) is 13.5 Å². The van der Waals surface area contributed by atoms with Gasteiger partial charge in [0.25, 0.3) is 0 Å². The fourth-order valence-electron chi connectivity index (χ4n) is 3.19. The second-order valence-corrected chi connectivity index (χ2v) is 7.34. The summed E-state index contributed by atoms with van der Waals surface area (Å²) in [5.74, 6) is -2.05. The number of aromatic nitrogens is 3. The summed E-state index contributed by atoms with van der Waals surface area (Å²) in [5.41, 5.74) is 2.94. The molecule has 4 aromatic rings. The van der Waals surface area contributed by atoms with Crippen LogP contribution in [0.3, 0.4) is 0 Å². The van der Waals surface area contributed by atoms with Crippen molar-refractivity contribution in [2.75, 3.05) is 0 Å². The van der Waals surface area contributed by atoms with E-state index in [1.54, 1.807) is 0 Å². The lowest BCUT2D eigenvalue weighted by molar-refractivity contribution is -0.142. The first-order valence-corrected chi connectivity index (χ1v) is 9.53. The summed E-state index contributed by atoms with van der Waals surface area (Å²) < 4.78 is 75.8. The molecule has 0 unspecified atom stereocenters. The molecule has 164 valence electrons. The number of thiocarbonyl (C=S) groups is 1. The highest BCUT2D eigenvalue weighted by atomic mass is 35.5. The van der Waals surface area contributed by atoms with E-state index in [1.165, 1.54) is 24.3 Å². The van der Waals surface area contributed by atoms with Crippen molar-refractivity contribution in [1.82, 2.24) is 14.9 Å². The van der Waals surface area contributed by atoms with Crippen LogP contribution in [-0.2, 0) is 6.18 Å². The molecule has 0 radical (unpaired) electrons. The minimum Gasteiger partial charge on any atom is -0.389 e. The van der Waals surface area contributed by atoms with Crippen molar-refractivity contribution in [1.29, 1.82) is 0 Å². The maximum absolute atomic E-state index is 14.4. The van der Waals surface area contributed by atoms with Crippen molar-refractivity contribution >= 4 is 28.8 Å². The van der Waals surface area contributed by atoms with Gasteiger partial charge in [-0.15, -0.1) is 0 Å². The Hall–Kier alpha value is -3.31. The summed E-state index contributed by atoms with van der Waals surface area (Å²) in [5, 5.41) is 7.36. The molecule has 0 atom stereocenters. The molecule has 32 heavy (non-hydrogen) atoms. The second kappa shape index (κ2) is 7.99. The van der Waals surface area contributed by atoms with E-state index in [0.717, 1.165) is 24.4 Å². The second-order valence-electron chi connectivity index (χ2n) is 6.49. The van der Waals surface area contributed by atoms with E-state index >= 15 is 0 Å². The molecular weight excluding hydrogens is 475 g/mol. The highest BCUT2D eigenvalue weighted by Crippen LogP contribution is 2.42. The summed E-state index contributed by atoms with van der Waals surface area (Å²) in [4.78, 5) is -0.401. The fraction of sp³-hybridized carbons (Fsp3) is 0.0500. The molecular formula is C20H10ClF5N4OS. The number of alkyl halides is 3. The lowest BCUT2D eigenvalue weighted by Crippen LogP contribution is -2.16. The highest BCUT2D eigenvalue weighted by molar-refractivity contribution is 7.80. The van der Waals surface area contributed by atoms with E-state index in [2.05, 4.69) is 10.3 Å². The molecule has 2 aromatic carbocycles. The van der Waals surface area contributed by atoms with Crippen molar-refractivity contribution < 1.29 is 26.5 Å². The Morgan fingerprint density at radius 1 is 1.12 bits per heavy atom. The maximum Gasteiger partial charge on any atom is 0.434 e. The van der Waals surface area contributed by atoms with Crippen molar-refractivity contribution in [3.63, 3.8) is 0 Å². The van der Waals surface area contributed by atoms with E-state index in [-0.39, 0.29) is 27.5 Å². The Morgan fingerprint density at radius 3 is 2.47 bits per heavy atom. The van der Waals surface area contributed by atoms with Crippen molar-refractivity contribution in [3.8, 4) is 28.3 Å². The van der Waals surface area contributed by atoms with Crippen LogP contribution in [0.4, 0.5) is 22.0 Å². The molecule has 0 saturated heterocycles. The monoisotopic (exact) mass is 484 g/mol. The maximum atomic E-state index is 14.4. The van der Waals surface area contributed by atoms with Gasteiger partial charge in [0.2, 0.25) is 0 Å². The van der Waals surface area contributed by atoms with Gasteiger partial charge in [-0.05, 0) is 30.3 Å². The first-order valence-electron chi connectivity index (χ1n) is 8.75. The van der Waals surface area contributed by atoms with Gasteiger partial charge in [-0.1, -0.05) is 41.1 Å². The molecule has 4 rings (SSSR count). The Balaban J connectivity index is 2.00. The van der Waals surface area contributed by atoms with E-state index < -0.39 is 39.8 Å². The molecule has 0 spiro atoms. The quantitative estimate of drug-likeness (QED) is 0.294. The van der Waals surface area contributed by atoms with Gasteiger partial charge in [0.15, 0.2) is 11.5 Å². The Labute approximate surface area is 187 Å². The Kier molecular flexibility index (Phi) is 5.47. The van der Waals surface area contributed by atoms with Crippen molar-refractivity contribution in [2.45, 2.75) is 6.18 Å². The molecule has 0 aliphatic carbocycles. The summed E-state index contributed by atoms with van der Waals surface area (Å²) in [6.07, 6.45) is -4.10. The van der Waals surface area contributed by atoms with Gasteiger partial charge >= 0.3 is 6.18 Å². The SMILES string of the molecule is NC(=S)c1c(-c2c(F)cccc2Cl)noc1-c1cnn(-c2cccc(F)c2)c1C(F)(F)F. The summed E-state index contributed by atoms with van der Waals surface area (Å²) in [6, 6.07) is 8.22. The van der Waals surface area contributed by atoms with Gasteiger partial charge in [0.1, 0.15) is 22.3 Å². The number of benzene rings is 2. The average molecular weight is 485 g/mol.